The quantitative estimate of drug-likeness (QED) is 0.420. The fourth-order valence-electron chi connectivity index (χ4n) is 3.79. The average Bonchev–Trinajstić information content (AvgIpc) is 3.19. The molecule has 0 amide bonds. The SMILES string of the molecule is CC(=Cc1ccc(-c2ccccc2)cc1)CN(C)Cc1cccc2cc[nH]c12. The van der Waals surface area contributed by atoms with Crippen LogP contribution in [0.1, 0.15) is 18.1 Å². The van der Waals surface area contributed by atoms with Crippen molar-refractivity contribution in [3.05, 3.63) is 102 Å². The predicted octanol–water partition coefficient (Wildman–Crippen LogP) is 6.37. The highest BCUT2D eigenvalue weighted by Gasteiger charge is 2.06. The molecular formula is C26H26N2. The molecule has 4 rings (SSSR count). The molecule has 0 unspecified atom stereocenters. The second kappa shape index (κ2) is 8.28. The molecule has 2 heteroatoms. The largest absolute Gasteiger partial charge is 0.361 e. The monoisotopic (exact) mass is 366 g/mol. The normalized spacial score (nSPS) is 12.0. The van der Waals surface area contributed by atoms with Gasteiger partial charge >= 0.3 is 0 Å². The number of nitrogens with zero attached hydrogens (tertiary/aromatic N) is 1. The number of aromatic amines is 1. The van der Waals surface area contributed by atoms with Crippen molar-refractivity contribution in [2.45, 2.75) is 13.5 Å². The number of benzene rings is 3. The number of aromatic nitrogens is 1. The summed E-state index contributed by atoms with van der Waals surface area (Å²) in [6.45, 7) is 4.07. The molecule has 0 fully saturated rings. The summed E-state index contributed by atoms with van der Waals surface area (Å²) < 4.78 is 0. The summed E-state index contributed by atoms with van der Waals surface area (Å²) in [6, 6.07) is 27.9. The first kappa shape index (κ1) is 18.3. The van der Waals surface area contributed by atoms with Crippen LogP contribution in [0.5, 0.6) is 0 Å². The van der Waals surface area contributed by atoms with Crippen LogP contribution < -0.4 is 0 Å². The molecule has 1 heterocycles. The van der Waals surface area contributed by atoms with Gasteiger partial charge in [-0.3, -0.25) is 4.90 Å². The van der Waals surface area contributed by atoms with E-state index in [1.807, 2.05) is 6.20 Å². The van der Waals surface area contributed by atoms with Gasteiger partial charge < -0.3 is 4.98 Å². The molecule has 0 aliphatic rings. The van der Waals surface area contributed by atoms with Crippen molar-refractivity contribution < 1.29 is 0 Å². The Kier molecular flexibility index (Phi) is 5.41. The number of hydrogen-bond donors (Lipinski definition) is 1. The van der Waals surface area contributed by atoms with Gasteiger partial charge in [-0.15, -0.1) is 0 Å². The molecule has 0 saturated carbocycles. The highest BCUT2D eigenvalue weighted by atomic mass is 15.1. The van der Waals surface area contributed by atoms with E-state index in [4.69, 9.17) is 0 Å². The average molecular weight is 367 g/mol. The van der Waals surface area contributed by atoms with Crippen LogP contribution in [0.25, 0.3) is 28.1 Å². The lowest BCUT2D eigenvalue weighted by atomic mass is 10.0. The Morgan fingerprint density at radius 2 is 1.61 bits per heavy atom. The predicted molar refractivity (Wildman–Crippen MR) is 120 cm³/mol. The molecule has 4 aromatic rings. The van der Waals surface area contributed by atoms with Gasteiger partial charge in [-0.05, 0) is 47.7 Å². The number of rotatable bonds is 6. The fraction of sp³-hybridized carbons (Fsp3) is 0.154. The van der Waals surface area contributed by atoms with Crippen LogP contribution in [0.4, 0.5) is 0 Å². The molecule has 2 nitrogen and oxygen atoms in total. The molecule has 0 spiro atoms. The minimum atomic E-state index is 0.927. The van der Waals surface area contributed by atoms with Crippen LogP contribution in [0, 0.1) is 0 Å². The molecular weight excluding hydrogens is 340 g/mol. The van der Waals surface area contributed by atoms with E-state index in [0.717, 1.165) is 13.1 Å². The van der Waals surface area contributed by atoms with Gasteiger partial charge in [-0.25, -0.2) is 0 Å². The van der Waals surface area contributed by atoms with Crippen molar-refractivity contribution in [1.29, 1.82) is 0 Å². The second-order valence-corrected chi connectivity index (χ2v) is 7.51. The van der Waals surface area contributed by atoms with Crippen LogP contribution in [0.3, 0.4) is 0 Å². The van der Waals surface area contributed by atoms with Crippen LogP contribution in [-0.2, 0) is 6.54 Å². The Hall–Kier alpha value is -3.10. The van der Waals surface area contributed by atoms with Gasteiger partial charge in [0.2, 0.25) is 0 Å². The van der Waals surface area contributed by atoms with Gasteiger partial charge in [-0.2, -0.15) is 0 Å². The van der Waals surface area contributed by atoms with Crippen molar-refractivity contribution in [3.63, 3.8) is 0 Å². The third-order valence-electron chi connectivity index (χ3n) is 5.06. The zero-order valence-corrected chi connectivity index (χ0v) is 16.5. The molecule has 0 saturated heterocycles. The summed E-state index contributed by atoms with van der Waals surface area (Å²) in [6.07, 6.45) is 4.29. The topological polar surface area (TPSA) is 19.0 Å². The molecule has 1 N–H and O–H groups in total. The van der Waals surface area contributed by atoms with E-state index in [-0.39, 0.29) is 0 Å². The summed E-state index contributed by atoms with van der Waals surface area (Å²) in [5.74, 6) is 0. The molecule has 0 aliphatic carbocycles. The first-order valence-electron chi connectivity index (χ1n) is 9.75. The van der Waals surface area contributed by atoms with Crippen molar-refractivity contribution in [2.75, 3.05) is 13.6 Å². The maximum Gasteiger partial charge on any atom is 0.0499 e. The Bertz CT molecular complexity index is 1070. The number of nitrogens with one attached hydrogen (secondary N) is 1. The first-order valence-corrected chi connectivity index (χ1v) is 9.75. The summed E-state index contributed by atoms with van der Waals surface area (Å²) in [7, 11) is 2.18. The Balaban J connectivity index is 1.42. The first-order chi connectivity index (χ1) is 13.7. The third kappa shape index (κ3) is 4.24. The van der Waals surface area contributed by atoms with Gasteiger partial charge in [0.15, 0.2) is 0 Å². The van der Waals surface area contributed by atoms with E-state index in [9.17, 15) is 0 Å². The minimum Gasteiger partial charge on any atom is -0.361 e. The third-order valence-corrected chi connectivity index (χ3v) is 5.06. The van der Waals surface area contributed by atoms with Crippen molar-refractivity contribution >= 4 is 17.0 Å². The van der Waals surface area contributed by atoms with Crippen molar-refractivity contribution in [2.24, 2.45) is 0 Å². The molecule has 1 aromatic heterocycles. The van der Waals surface area contributed by atoms with Crippen molar-refractivity contribution in [3.8, 4) is 11.1 Å². The Labute approximate surface area is 167 Å². The van der Waals surface area contributed by atoms with Gasteiger partial charge in [0.05, 0.1) is 0 Å². The number of likely N-dealkylation sites (N-methyl/N-ethyl adjacent to an activating group) is 1. The van der Waals surface area contributed by atoms with E-state index < -0.39 is 0 Å². The lowest BCUT2D eigenvalue weighted by molar-refractivity contribution is 0.357. The van der Waals surface area contributed by atoms with E-state index in [0.29, 0.717) is 0 Å². The Morgan fingerprint density at radius 1 is 0.857 bits per heavy atom. The van der Waals surface area contributed by atoms with Crippen molar-refractivity contribution in [1.82, 2.24) is 9.88 Å². The molecule has 28 heavy (non-hydrogen) atoms. The lowest BCUT2D eigenvalue weighted by Crippen LogP contribution is -2.20. The smallest absolute Gasteiger partial charge is 0.0499 e. The molecule has 0 bridgehead atoms. The van der Waals surface area contributed by atoms with Gasteiger partial charge in [-0.1, -0.05) is 84.4 Å². The zero-order valence-electron chi connectivity index (χ0n) is 16.5. The highest BCUT2D eigenvalue weighted by Crippen LogP contribution is 2.21. The summed E-state index contributed by atoms with van der Waals surface area (Å²) >= 11 is 0. The van der Waals surface area contributed by atoms with E-state index >= 15 is 0 Å². The molecule has 3 aromatic carbocycles. The number of H-pyrrole nitrogens is 1. The standard InChI is InChI=1S/C26H26N2/c1-20(17-21-11-13-23(14-12-21)22-7-4-3-5-8-22)18-28(2)19-25-10-6-9-24-15-16-27-26(24)25/h3-17,27H,18-19H2,1-2H3. The van der Waals surface area contributed by atoms with Gasteiger partial charge in [0.1, 0.15) is 0 Å². The summed E-state index contributed by atoms with van der Waals surface area (Å²) in [4.78, 5) is 5.73. The van der Waals surface area contributed by atoms with Crippen LogP contribution in [0.15, 0.2) is 90.6 Å². The molecule has 140 valence electrons. The summed E-state index contributed by atoms with van der Waals surface area (Å²) in [5.41, 5.74) is 7.70. The van der Waals surface area contributed by atoms with Gasteiger partial charge in [0.25, 0.3) is 0 Å². The van der Waals surface area contributed by atoms with E-state index in [1.54, 1.807) is 0 Å². The zero-order chi connectivity index (χ0) is 19.3. The maximum absolute atomic E-state index is 3.36. The molecule has 0 aliphatic heterocycles. The second-order valence-electron chi connectivity index (χ2n) is 7.51. The van der Waals surface area contributed by atoms with E-state index in [2.05, 4.69) is 109 Å². The van der Waals surface area contributed by atoms with E-state index in [1.165, 1.54) is 38.7 Å². The number of para-hydroxylation sites is 1. The number of hydrogen-bond acceptors (Lipinski definition) is 1. The summed E-state index contributed by atoms with van der Waals surface area (Å²) in [5, 5.41) is 1.27. The number of fused-ring (bicyclic) bond motifs is 1. The maximum atomic E-state index is 3.36. The molecule has 0 atom stereocenters. The van der Waals surface area contributed by atoms with Crippen LogP contribution in [-0.4, -0.2) is 23.5 Å². The fourth-order valence-corrected chi connectivity index (χ4v) is 3.79. The van der Waals surface area contributed by atoms with Crippen LogP contribution >= 0.6 is 0 Å². The Morgan fingerprint density at radius 3 is 2.39 bits per heavy atom. The van der Waals surface area contributed by atoms with Gasteiger partial charge in [0, 0.05) is 24.8 Å². The minimum absolute atomic E-state index is 0.927. The van der Waals surface area contributed by atoms with Crippen LogP contribution in [0.2, 0.25) is 0 Å². The lowest BCUT2D eigenvalue weighted by Gasteiger charge is -2.18. The highest BCUT2D eigenvalue weighted by molar-refractivity contribution is 5.82. The molecule has 0 radical (unpaired) electrons.